The molecule has 2 aromatic rings. The molecule has 0 radical (unpaired) electrons. The van der Waals surface area contributed by atoms with Gasteiger partial charge in [-0.15, -0.1) is 0 Å². The Balaban J connectivity index is 1.78. The highest BCUT2D eigenvalue weighted by Crippen LogP contribution is 2.22. The Morgan fingerprint density at radius 1 is 1.15 bits per heavy atom. The molecule has 9 heteroatoms. The number of rotatable bonds is 7. The maximum atomic E-state index is 13.2. The lowest BCUT2D eigenvalue weighted by Gasteiger charge is -2.15. The fourth-order valence-corrected chi connectivity index (χ4v) is 2.27. The molecule has 0 aromatic heterocycles. The van der Waals surface area contributed by atoms with Crippen molar-refractivity contribution in [2.75, 3.05) is 18.4 Å². The molecule has 1 atom stereocenters. The normalized spacial score (nSPS) is 11.5. The lowest BCUT2D eigenvalue weighted by atomic mass is 10.1. The van der Waals surface area contributed by atoms with Crippen LogP contribution in [-0.2, 0) is 0 Å². The smallest absolute Gasteiger partial charge is 0.315 e. The number of carbonyl (C=O) groups is 1. The second-order valence-electron chi connectivity index (χ2n) is 5.50. The van der Waals surface area contributed by atoms with E-state index in [1.807, 2.05) is 0 Å². The topological polar surface area (TPSA) is 96.3 Å². The van der Waals surface area contributed by atoms with Gasteiger partial charge in [0.1, 0.15) is 5.69 Å². The number of nitrogens with zero attached hydrogens (tertiary/aromatic N) is 1. The van der Waals surface area contributed by atoms with E-state index >= 15 is 0 Å². The predicted octanol–water partition coefficient (Wildman–Crippen LogP) is 3.35. The molecule has 26 heavy (non-hydrogen) atoms. The number of amides is 2. The van der Waals surface area contributed by atoms with E-state index in [1.165, 1.54) is 12.1 Å². The SMILES string of the molecule is CC(NC(=O)NCCNc1ccccc1[N+](=O)[O-])c1ccc(F)c(F)c1. The number of anilines is 1. The molecular formula is C17H18F2N4O3. The number of urea groups is 1. The van der Waals surface area contributed by atoms with E-state index in [0.717, 1.165) is 12.1 Å². The number of nitrogens with one attached hydrogen (secondary N) is 3. The van der Waals surface area contributed by atoms with Crippen LogP contribution in [0.25, 0.3) is 0 Å². The highest BCUT2D eigenvalue weighted by atomic mass is 19.2. The van der Waals surface area contributed by atoms with Crippen LogP contribution < -0.4 is 16.0 Å². The van der Waals surface area contributed by atoms with Crippen molar-refractivity contribution in [3.8, 4) is 0 Å². The number of hydrogen-bond donors (Lipinski definition) is 3. The molecule has 2 aromatic carbocycles. The third kappa shape index (κ3) is 5.13. The Morgan fingerprint density at radius 2 is 1.88 bits per heavy atom. The van der Waals surface area contributed by atoms with Gasteiger partial charge in [-0.1, -0.05) is 18.2 Å². The van der Waals surface area contributed by atoms with Gasteiger partial charge in [-0.05, 0) is 30.7 Å². The number of benzene rings is 2. The lowest BCUT2D eigenvalue weighted by Crippen LogP contribution is -2.39. The number of nitro benzene ring substituents is 1. The highest BCUT2D eigenvalue weighted by molar-refractivity contribution is 5.74. The van der Waals surface area contributed by atoms with Crippen LogP contribution in [-0.4, -0.2) is 24.0 Å². The number of carbonyl (C=O) groups excluding carboxylic acids is 1. The molecule has 138 valence electrons. The summed E-state index contributed by atoms with van der Waals surface area (Å²) >= 11 is 0. The van der Waals surface area contributed by atoms with Crippen molar-refractivity contribution < 1.29 is 18.5 Å². The second-order valence-corrected chi connectivity index (χ2v) is 5.50. The van der Waals surface area contributed by atoms with E-state index in [4.69, 9.17) is 0 Å². The minimum atomic E-state index is -0.981. The molecule has 0 saturated carbocycles. The van der Waals surface area contributed by atoms with Crippen LogP contribution in [0.5, 0.6) is 0 Å². The van der Waals surface area contributed by atoms with Gasteiger partial charge in [-0.3, -0.25) is 10.1 Å². The second kappa shape index (κ2) is 8.75. The maximum absolute atomic E-state index is 13.2. The fraction of sp³-hybridized carbons (Fsp3) is 0.235. The summed E-state index contributed by atoms with van der Waals surface area (Å²) < 4.78 is 26.1. The first-order chi connectivity index (χ1) is 12.4. The van der Waals surface area contributed by atoms with Crippen molar-refractivity contribution in [1.82, 2.24) is 10.6 Å². The van der Waals surface area contributed by atoms with Crippen LogP contribution in [0.3, 0.4) is 0 Å². The van der Waals surface area contributed by atoms with Gasteiger partial charge in [-0.2, -0.15) is 0 Å². The van der Waals surface area contributed by atoms with Crippen molar-refractivity contribution in [3.63, 3.8) is 0 Å². The summed E-state index contributed by atoms with van der Waals surface area (Å²) in [6.45, 7) is 2.12. The third-order valence-electron chi connectivity index (χ3n) is 3.62. The van der Waals surface area contributed by atoms with E-state index in [-0.39, 0.29) is 18.8 Å². The molecule has 0 heterocycles. The zero-order chi connectivity index (χ0) is 19.1. The predicted molar refractivity (Wildman–Crippen MR) is 92.9 cm³/mol. The first-order valence-corrected chi connectivity index (χ1v) is 7.85. The van der Waals surface area contributed by atoms with Crippen LogP contribution in [0, 0.1) is 21.7 Å². The van der Waals surface area contributed by atoms with Crippen molar-refractivity contribution >= 4 is 17.4 Å². The van der Waals surface area contributed by atoms with E-state index in [1.54, 1.807) is 25.1 Å². The first-order valence-electron chi connectivity index (χ1n) is 7.85. The molecule has 1 unspecified atom stereocenters. The van der Waals surface area contributed by atoms with Gasteiger partial charge >= 0.3 is 6.03 Å². The Morgan fingerprint density at radius 3 is 2.58 bits per heavy atom. The molecule has 2 amide bonds. The lowest BCUT2D eigenvalue weighted by molar-refractivity contribution is -0.384. The average Bonchev–Trinajstić information content (AvgIpc) is 2.61. The van der Waals surface area contributed by atoms with Crippen molar-refractivity contribution in [3.05, 3.63) is 69.8 Å². The average molecular weight is 364 g/mol. The van der Waals surface area contributed by atoms with Crippen LogP contribution >= 0.6 is 0 Å². The zero-order valence-electron chi connectivity index (χ0n) is 14.0. The van der Waals surface area contributed by atoms with Gasteiger partial charge in [0.25, 0.3) is 5.69 Å². The summed E-state index contributed by atoms with van der Waals surface area (Å²) in [5, 5.41) is 18.9. The van der Waals surface area contributed by atoms with Gasteiger partial charge in [0.15, 0.2) is 11.6 Å². The van der Waals surface area contributed by atoms with E-state index in [0.29, 0.717) is 11.3 Å². The van der Waals surface area contributed by atoms with Crippen LogP contribution in [0.2, 0.25) is 0 Å². The summed E-state index contributed by atoms with van der Waals surface area (Å²) in [7, 11) is 0. The molecule has 2 rings (SSSR count). The van der Waals surface area contributed by atoms with Gasteiger partial charge in [0.2, 0.25) is 0 Å². The zero-order valence-corrected chi connectivity index (χ0v) is 14.0. The van der Waals surface area contributed by atoms with Crippen molar-refractivity contribution in [2.24, 2.45) is 0 Å². The largest absolute Gasteiger partial charge is 0.378 e. The Labute approximate surface area is 148 Å². The van der Waals surface area contributed by atoms with E-state index in [9.17, 15) is 23.7 Å². The molecule has 0 aliphatic heterocycles. The summed E-state index contributed by atoms with van der Waals surface area (Å²) in [6.07, 6.45) is 0. The number of halogens is 2. The van der Waals surface area contributed by atoms with E-state index < -0.39 is 28.6 Å². The van der Waals surface area contributed by atoms with Gasteiger partial charge in [0, 0.05) is 19.2 Å². The Kier molecular flexibility index (Phi) is 6.42. The monoisotopic (exact) mass is 364 g/mol. The minimum Gasteiger partial charge on any atom is -0.378 e. The summed E-state index contributed by atoms with van der Waals surface area (Å²) in [4.78, 5) is 22.2. The van der Waals surface area contributed by atoms with Crippen LogP contribution in [0.1, 0.15) is 18.5 Å². The van der Waals surface area contributed by atoms with Gasteiger partial charge in [-0.25, -0.2) is 13.6 Å². The Hall–Kier alpha value is -3.23. The maximum Gasteiger partial charge on any atom is 0.315 e. The third-order valence-corrected chi connectivity index (χ3v) is 3.62. The summed E-state index contributed by atoms with van der Waals surface area (Å²) in [5.74, 6) is -1.93. The minimum absolute atomic E-state index is 0.0519. The molecule has 0 bridgehead atoms. The number of nitro groups is 1. The summed E-state index contributed by atoms with van der Waals surface area (Å²) in [5.41, 5.74) is 0.732. The summed E-state index contributed by atoms with van der Waals surface area (Å²) in [6, 6.07) is 8.58. The molecule has 7 nitrogen and oxygen atoms in total. The number of hydrogen-bond acceptors (Lipinski definition) is 4. The van der Waals surface area contributed by atoms with Crippen LogP contribution in [0.15, 0.2) is 42.5 Å². The standard InChI is InChI=1S/C17H18F2N4O3/c1-11(12-6-7-13(18)14(19)10-12)22-17(24)21-9-8-20-15-4-2-3-5-16(15)23(25)26/h2-7,10-11,20H,8-9H2,1H3,(H2,21,22,24). The molecule has 0 fully saturated rings. The van der Waals surface area contributed by atoms with Crippen molar-refractivity contribution in [2.45, 2.75) is 13.0 Å². The van der Waals surface area contributed by atoms with Gasteiger partial charge < -0.3 is 16.0 Å². The highest BCUT2D eigenvalue weighted by Gasteiger charge is 2.13. The molecule has 0 aliphatic carbocycles. The molecule has 0 spiro atoms. The van der Waals surface area contributed by atoms with Crippen molar-refractivity contribution in [1.29, 1.82) is 0 Å². The quantitative estimate of drug-likeness (QED) is 0.399. The Bertz CT molecular complexity index is 801. The number of para-hydroxylation sites is 2. The van der Waals surface area contributed by atoms with E-state index in [2.05, 4.69) is 16.0 Å². The molecule has 0 saturated heterocycles. The van der Waals surface area contributed by atoms with Gasteiger partial charge in [0.05, 0.1) is 11.0 Å². The molecule has 3 N–H and O–H groups in total. The van der Waals surface area contributed by atoms with Crippen LogP contribution in [0.4, 0.5) is 25.0 Å². The molecule has 0 aliphatic rings. The fourth-order valence-electron chi connectivity index (χ4n) is 2.27. The molecular weight excluding hydrogens is 346 g/mol. The first kappa shape index (κ1) is 19.1.